The monoisotopic (exact) mass is 505 g/mol. The topological polar surface area (TPSA) is 97.8 Å². The molecule has 1 saturated heterocycles. The van der Waals surface area contributed by atoms with Crippen molar-refractivity contribution in [3.63, 3.8) is 0 Å². The van der Waals surface area contributed by atoms with Crippen molar-refractivity contribution < 1.29 is 19.0 Å². The van der Waals surface area contributed by atoms with Gasteiger partial charge in [-0.2, -0.15) is 0 Å². The molecule has 0 aliphatic carbocycles. The van der Waals surface area contributed by atoms with Crippen LogP contribution in [0.2, 0.25) is 0 Å². The number of anilines is 3. The summed E-state index contributed by atoms with van der Waals surface area (Å²) in [5.41, 5.74) is 3.10. The van der Waals surface area contributed by atoms with Gasteiger partial charge in [0.1, 0.15) is 24.5 Å². The highest BCUT2D eigenvalue weighted by Crippen LogP contribution is 2.22. The van der Waals surface area contributed by atoms with Crippen molar-refractivity contribution in [3.05, 3.63) is 60.9 Å². The highest BCUT2D eigenvalue weighted by molar-refractivity contribution is 5.76. The molecule has 1 aromatic heterocycles. The lowest BCUT2D eigenvalue weighted by molar-refractivity contribution is -0.152. The first kappa shape index (κ1) is 26.4. The predicted octanol–water partition coefficient (Wildman–Crippen LogP) is 4.35. The van der Waals surface area contributed by atoms with Gasteiger partial charge in [-0.05, 0) is 62.7 Å². The molecule has 2 heterocycles. The Bertz CT molecular complexity index is 1120. The summed E-state index contributed by atoms with van der Waals surface area (Å²) in [6.07, 6.45) is 3.56. The van der Waals surface area contributed by atoms with E-state index in [4.69, 9.17) is 14.2 Å². The molecular formula is C28H35N5O4. The van der Waals surface area contributed by atoms with Crippen LogP contribution in [0.3, 0.4) is 0 Å². The van der Waals surface area contributed by atoms with Crippen molar-refractivity contribution in [1.29, 1.82) is 0 Å². The second-order valence-electron chi connectivity index (χ2n) is 9.76. The van der Waals surface area contributed by atoms with Gasteiger partial charge in [0.05, 0.1) is 13.2 Å². The number of aromatic nitrogens is 2. The molecule has 1 aliphatic heterocycles. The number of nitrogens with one attached hydrogen (secondary N) is 2. The number of morpholine rings is 1. The minimum absolute atomic E-state index is 0.113. The summed E-state index contributed by atoms with van der Waals surface area (Å²) in [7, 11) is 0. The minimum Gasteiger partial charge on any atom is -0.492 e. The molecule has 0 spiro atoms. The molecule has 3 aromatic rings. The minimum atomic E-state index is -0.495. The Morgan fingerprint density at radius 1 is 0.946 bits per heavy atom. The molecule has 0 saturated carbocycles. The third kappa shape index (κ3) is 8.73. The Kier molecular flexibility index (Phi) is 8.92. The van der Waals surface area contributed by atoms with Crippen molar-refractivity contribution in [3.8, 4) is 16.9 Å². The van der Waals surface area contributed by atoms with Crippen molar-refractivity contribution in [1.82, 2.24) is 14.9 Å². The van der Waals surface area contributed by atoms with Gasteiger partial charge in [-0.25, -0.2) is 9.97 Å². The third-order valence-corrected chi connectivity index (χ3v) is 5.62. The van der Waals surface area contributed by atoms with Crippen molar-refractivity contribution in [2.24, 2.45) is 0 Å². The van der Waals surface area contributed by atoms with Crippen molar-refractivity contribution in [2.75, 3.05) is 56.6 Å². The number of hydrogen-bond acceptors (Lipinski definition) is 9. The van der Waals surface area contributed by atoms with E-state index in [9.17, 15) is 4.79 Å². The fourth-order valence-electron chi connectivity index (χ4n) is 3.75. The third-order valence-electron chi connectivity index (χ3n) is 5.62. The fraction of sp³-hybridized carbons (Fsp3) is 0.393. The second-order valence-corrected chi connectivity index (χ2v) is 9.76. The van der Waals surface area contributed by atoms with Crippen LogP contribution in [-0.4, -0.2) is 72.4 Å². The van der Waals surface area contributed by atoms with Crippen molar-refractivity contribution in [2.45, 2.75) is 26.4 Å². The summed E-state index contributed by atoms with van der Waals surface area (Å²) in [5, 5.41) is 6.30. The van der Waals surface area contributed by atoms with Crippen LogP contribution in [0.25, 0.3) is 11.1 Å². The van der Waals surface area contributed by atoms with Gasteiger partial charge in [0, 0.05) is 49.0 Å². The Balaban J connectivity index is 1.23. The van der Waals surface area contributed by atoms with Crippen LogP contribution in [0.4, 0.5) is 17.3 Å². The van der Waals surface area contributed by atoms with E-state index < -0.39 is 5.60 Å². The first-order chi connectivity index (χ1) is 17.8. The summed E-state index contributed by atoms with van der Waals surface area (Å²) in [5.74, 6) is 1.05. The molecule has 2 aromatic carbocycles. The number of carbonyl (C=O) groups excluding carboxylic acids is 1. The molecule has 1 aliphatic rings. The lowest BCUT2D eigenvalue weighted by atomic mass is 10.1. The van der Waals surface area contributed by atoms with E-state index in [1.807, 2.05) is 69.3 Å². The Hall–Kier alpha value is -3.69. The maximum Gasteiger partial charge on any atom is 0.325 e. The Morgan fingerprint density at radius 2 is 1.59 bits per heavy atom. The van der Waals surface area contributed by atoms with Crippen LogP contribution in [0.1, 0.15) is 20.8 Å². The molecule has 0 atom stereocenters. The van der Waals surface area contributed by atoms with E-state index in [1.54, 1.807) is 12.4 Å². The van der Waals surface area contributed by atoms with Crippen LogP contribution in [0.15, 0.2) is 60.9 Å². The van der Waals surface area contributed by atoms with Gasteiger partial charge in [0.25, 0.3) is 0 Å². The van der Waals surface area contributed by atoms with E-state index >= 15 is 0 Å². The Labute approximate surface area is 218 Å². The van der Waals surface area contributed by atoms with E-state index in [-0.39, 0.29) is 12.5 Å². The summed E-state index contributed by atoms with van der Waals surface area (Å²) < 4.78 is 16.5. The molecule has 37 heavy (non-hydrogen) atoms. The largest absolute Gasteiger partial charge is 0.492 e. The van der Waals surface area contributed by atoms with Crippen LogP contribution in [-0.2, 0) is 14.3 Å². The van der Waals surface area contributed by atoms with Crippen molar-refractivity contribution >= 4 is 23.3 Å². The molecule has 9 heteroatoms. The van der Waals surface area contributed by atoms with Crippen LogP contribution in [0.5, 0.6) is 5.75 Å². The molecule has 2 N–H and O–H groups in total. The number of esters is 1. The summed E-state index contributed by atoms with van der Waals surface area (Å²) in [6, 6.07) is 15.5. The molecule has 1 fully saturated rings. The maximum absolute atomic E-state index is 11.9. The number of benzene rings is 2. The van der Waals surface area contributed by atoms with Gasteiger partial charge < -0.3 is 24.8 Å². The zero-order valence-corrected chi connectivity index (χ0v) is 21.7. The van der Waals surface area contributed by atoms with Crippen LogP contribution < -0.4 is 15.4 Å². The van der Waals surface area contributed by atoms with E-state index in [0.29, 0.717) is 12.6 Å². The zero-order valence-electron chi connectivity index (χ0n) is 21.7. The normalized spacial score (nSPS) is 14.1. The number of carbonyl (C=O) groups is 1. The fourth-order valence-corrected chi connectivity index (χ4v) is 3.75. The summed E-state index contributed by atoms with van der Waals surface area (Å²) in [6.45, 7) is 10.7. The summed E-state index contributed by atoms with van der Waals surface area (Å²) >= 11 is 0. The zero-order chi connectivity index (χ0) is 26.1. The molecular weight excluding hydrogens is 470 g/mol. The van der Waals surface area contributed by atoms with Gasteiger partial charge in [0.2, 0.25) is 5.95 Å². The highest BCUT2D eigenvalue weighted by Gasteiger charge is 2.15. The predicted molar refractivity (Wildman–Crippen MR) is 144 cm³/mol. The average molecular weight is 506 g/mol. The van der Waals surface area contributed by atoms with E-state index in [2.05, 4.69) is 25.5 Å². The van der Waals surface area contributed by atoms with Gasteiger partial charge >= 0.3 is 5.97 Å². The lowest BCUT2D eigenvalue weighted by Crippen LogP contribution is -2.38. The smallest absolute Gasteiger partial charge is 0.325 e. The van der Waals surface area contributed by atoms with Gasteiger partial charge in [0.15, 0.2) is 0 Å². The highest BCUT2D eigenvalue weighted by atomic mass is 16.6. The van der Waals surface area contributed by atoms with Crippen LogP contribution in [0, 0.1) is 0 Å². The average Bonchev–Trinajstić information content (AvgIpc) is 2.89. The lowest BCUT2D eigenvalue weighted by Gasteiger charge is -2.26. The molecule has 0 amide bonds. The molecule has 9 nitrogen and oxygen atoms in total. The summed E-state index contributed by atoms with van der Waals surface area (Å²) in [4.78, 5) is 23.1. The second kappa shape index (κ2) is 12.5. The number of ether oxygens (including phenoxy) is 3. The molecule has 4 rings (SSSR count). The SMILES string of the molecule is CC(C)(C)OC(=O)CNc1ccc(-c2cnc(Nc3ccc(OCCN4CCOCC4)cc3)nc2)cc1. The van der Waals surface area contributed by atoms with E-state index in [1.165, 1.54) is 0 Å². The molecule has 196 valence electrons. The van der Waals surface area contributed by atoms with Gasteiger partial charge in [-0.3, -0.25) is 9.69 Å². The molecule has 0 bridgehead atoms. The number of nitrogens with zero attached hydrogens (tertiary/aromatic N) is 3. The molecule has 0 radical (unpaired) electrons. The van der Waals surface area contributed by atoms with Gasteiger partial charge in [-0.15, -0.1) is 0 Å². The van der Waals surface area contributed by atoms with Gasteiger partial charge in [-0.1, -0.05) is 12.1 Å². The first-order valence-corrected chi connectivity index (χ1v) is 12.5. The standard InChI is InChI=1S/C28H35N5O4/c1-28(2,3)37-26(34)20-29-23-6-4-21(5-7-23)22-18-30-27(31-19-22)32-24-8-10-25(11-9-24)36-17-14-33-12-15-35-16-13-33/h4-11,18-19,29H,12-17,20H2,1-3H3,(H,30,31,32). The molecule has 0 unspecified atom stereocenters. The number of hydrogen-bond donors (Lipinski definition) is 2. The number of rotatable bonds is 10. The van der Waals surface area contributed by atoms with E-state index in [0.717, 1.165) is 61.1 Å². The quantitative estimate of drug-likeness (QED) is 0.390. The first-order valence-electron chi connectivity index (χ1n) is 12.5. The van der Waals surface area contributed by atoms with Crippen LogP contribution >= 0.6 is 0 Å². The Morgan fingerprint density at radius 3 is 2.24 bits per heavy atom. The maximum atomic E-state index is 11.9.